The van der Waals surface area contributed by atoms with Crippen molar-refractivity contribution in [2.75, 3.05) is 5.88 Å². The molecule has 0 bridgehead atoms. The van der Waals surface area contributed by atoms with Gasteiger partial charge in [-0.05, 0) is 62.0 Å². The first-order valence-corrected chi connectivity index (χ1v) is 8.82. The third-order valence-corrected chi connectivity index (χ3v) is 5.42. The zero-order valence-electron chi connectivity index (χ0n) is 12.7. The summed E-state index contributed by atoms with van der Waals surface area (Å²) in [5.41, 5.74) is 3.75. The van der Waals surface area contributed by atoms with Crippen LogP contribution in [0, 0.1) is 24.7 Å². The molecule has 0 aliphatic heterocycles. The predicted molar refractivity (Wildman–Crippen MR) is 87.8 cm³/mol. The summed E-state index contributed by atoms with van der Waals surface area (Å²) >= 11 is 6.01. The van der Waals surface area contributed by atoms with Crippen molar-refractivity contribution in [1.29, 1.82) is 0 Å². The normalized spacial score (nSPS) is 18.8. The Labute approximate surface area is 131 Å². The fourth-order valence-corrected chi connectivity index (χ4v) is 3.93. The number of rotatable bonds is 6. The quantitative estimate of drug-likeness (QED) is 0.715. The Kier molecular flexibility index (Phi) is 3.45. The molecule has 21 heavy (non-hydrogen) atoms. The molecule has 0 atom stereocenters. The van der Waals surface area contributed by atoms with Gasteiger partial charge in [-0.25, -0.2) is 4.98 Å². The highest BCUT2D eigenvalue weighted by Gasteiger charge is 2.41. The lowest BCUT2D eigenvalue weighted by Crippen LogP contribution is -2.17. The summed E-state index contributed by atoms with van der Waals surface area (Å²) < 4.78 is 2.48. The third kappa shape index (κ3) is 2.59. The maximum atomic E-state index is 6.01. The van der Waals surface area contributed by atoms with Crippen molar-refractivity contribution in [3.05, 3.63) is 29.6 Å². The molecular formula is C18H23ClN2. The Morgan fingerprint density at radius 3 is 2.57 bits per heavy atom. The zero-order chi connectivity index (χ0) is 14.4. The van der Waals surface area contributed by atoms with Crippen LogP contribution in [0.15, 0.2) is 18.2 Å². The Morgan fingerprint density at radius 1 is 1.24 bits per heavy atom. The molecule has 2 nitrogen and oxygen atoms in total. The predicted octanol–water partition coefficient (Wildman–Crippen LogP) is 4.56. The first-order valence-electron chi connectivity index (χ1n) is 8.28. The Hall–Kier alpha value is -1.02. The van der Waals surface area contributed by atoms with Gasteiger partial charge < -0.3 is 4.57 Å². The molecular weight excluding hydrogens is 280 g/mol. The molecule has 2 fully saturated rings. The lowest BCUT2D eigenvalue weighted by Gasteiger charge is -2.18. The second-order valence-corrected chi connectivity index (χ2v) is 7.24. The number of alkyl halides is 1. The van der Waals surface area contributed by atoms with Gasteiger partial charge in [0.25, 0.3) is 0 Å². The van der Waals surface area contributed by atoms with Crippen molar-refractivity contribution >= 4 is 22.6 Å². The molecule has 0 unspecified atom stereocenters. The first kappa shape index (κ1) is 13.6. The van der Waals surface area contributed by atoms with E-state index < -0.39 is 0 Å². The van der Waals surface area contributed by atoms with E-state index in [2.05, 4.69) is 29.7 Å². The largest absolute Gasteiger partial charge is 0.328 e. The molecule has 0 saturated heterocycles. The third-order valence-electron chi connectivity index (χ3n) is 5.23. The number of benzene rings is 1. The van der Waals surface area contributed by atoms with E-state index in [1.807, 2.05) is 0 Å². The van der Waals surface area contributed by atoms with Crippen LogP contribution in [0.1, 0.15) is 37.1 Å². The second-order valence-electron chi connectivity index (χ2n) is 6.86. The maximum absolute atomic E-state index is 6.01. The van der Waals surface area contributed by atoms with Crippen LogP contribution in [0.2, 0.25) is 0 Å². The number of para-hydroxylation sites is 1. The summed E-state index contributed by atoms with van der Waals surface area (Å²) in [5, 5.41) is 0. The standard InChI is InChI=1S/C18H23ClN2/c1-12-3-2-4-16-18(12)20-17(9-10-19)21(16)11-15(13-5-6-13)14-7-8-14/h2-4,13-15H,5-11H2,1H3. The topological polar surface area (TPSA) is 17.8 Å². The molecule has 112 valence electrons. The van der Waals surface area contributed by atoms with Gasteiger partial charge in [-0.1, -0.05) is 12.1 Å². The molecule has 3 heteroatoms. The van der Waals surface area contributed by atoms with Gasteiger partial charge in [0, 0.05) is 18.8 Å². The van der Waals surface area contributed by atoms with E-state index in [4.69, 9.17) is 16.6 Å². The molecule has 1 aromatic carbocycles. The summed E-state index contributed by atoms with van der Waals surface area (Å²) in [7, 11) is 0. The van der Waals surface area contributed by atoms with E-state index in [1.165, 1.54) is 48.1 Å². The van der Waals surface area contributed by atoms with Gasteiger partial charge in [0.2, 0.25) is 0 Å². The second kappa shape index (κ2) is 5.31. The van der Waals surface area contributed by atoms with Gasteiger partial charge in [-0.15, -0.1) is 11.6 Å². The lowest BCUT2D eigenvalue weighted by atomic mass is 9.97. The van der Waals surface area contributed by atoms with Crippen molar-refractivity contribution in [3.63, 3.8) is 0 Å². The van der Waals surface area contributed by atoms with Crippen LogP contribution in [0.5, 0.6) is 0 Å². The number of halogens is 1. The summed E-state index contributed by atoms with van der Waals surface area (Å²) in [6, 6.07) is 6.54. The van der Waals surface area contributed by atoms with Gasteiger partial charge >= 0.3 is 0 Å². The summed E-state index contributed by atoms with van der Waals surface area (Å²) in [6.45, 7) is 3.31. The number of fused-ring (bicyclic) bond motifs is 1. The van der Waals surface area contributed by atoms with Crippen LogP contribution in [0.3, 0.4) is 0 Å². The number of hydrogen-bond acceptors (Lipinski definition) is 1. The van der Waals surface area contributed by atoms with Crippen molar-refractivity contribution in [2.45, 2.75) is 45.6 Å². The summed E-state index contributed by atoms with van der Waals surface area (Å²) in [4.78, 5) is 4.89. The number of hydrogen-bond donors (Lipinski definition) is 0. The van der Waals surface area contributed by atoms with Gasteiger partial charge in [-0.3, -0.25) is 0 Å². The van der Waals surface area contributed by atoms with Crippen LogP contribution in [-0.4, -0.2) is 15.4 Å². The highest BCUT2D eigenvalue weighted by atomic mass is 35.5. The van der Waals surface area contributed by atoms with Crippen molar-refractivity contribution in [2.24, 2.45) is 17.8 Å². The molecule has 1 heterocycles. The highest BCUT2D eigenvalue weighted by molar-refractivity contribution is 6.17. The Balaban J connectivity index is 1.74. The average Bonchev–Trinajstić information content (AvgIpc) is 3.36. The molecule has 2 aliphatic carbocycles. The lowest BCUT2D eigenvalue weighted by molar-refractivity contribution is 0.349. The summed E-state index contributed by atoms with van der Waals surface area (Å²) in [5.74, 6) is 4.66. The number of nitrogens with zero attached hydrogens (tertiary/aromatic N) is 2. The molecule has 0 radical (unpaired) electrons. The molecule has 0 spiro atoms. The van der Waals surface area contributed by atoms with Gasteiger partial charge in [-0.2, -0.15) is 0 Å². The van der Waals surface area contributed by atoms with Crippen LogP contribution >= 0.6 is 11.6 Å². The summed E-state index contributed by atoms with van der Waals surface area (Å²) in [6.07, 6.45) is 6.64. The molecule has 0 N–H and O–H groups in total. The van der Waals surface area contributed by atoms with Gasteiger partial charge in [0.1, 0.15) is 5.82 Å². The fourth-order valence-electron chi connectivity index (χ4n) is 3.76. The monoisotopic (exact) mass is 302 g/mol. The molecule has 4 rings (SSSR count). The molecule has 1 aromatic heterocycles. The number of aryl methyl sites for hydroxylation is 2. The van der Waals surface area contributed by atoms with E-state index >= 15 is 0 Å². The minimum absolute atomic E-state index is 0.653. The number of aromatic nitrogens is 2. The van der Waals surface area contributed by atoms with E-state index in [0.29, 0.717) is 5.88 Å². The Morgan fingerprint density at radius 2 is 1.95 bits per heavy atom. The zero-order valence-corrected chi connectivity index (χ0v) is 13.4. The smallest absolute Gasteiger partial charge is 0.111 e. The van der Waals surface area contributed by atoms with Crippen LogP contribution < -0.4 is 0 Å². The maximum Gasteiger partial charge on any atom is 0.111 e. The highest BCUT2D eigenvalue weighted by Crippen LogP contribution is 2.50. The van der Waals surface area contributed by atoms with Gasteiger partial charge in [0.15, 0.2) is 0 Å². The van der Waals surface area contributed by atoms with Crippen molar-refractivity contribution < 1.29 is 0 Å². The van der Waals surface area contributed by atoms with E-state index in [-0.39, 0.29) is 0 Å². The molecule has 2 aliphatic rings. The Bertz CT molecular complexity index is 641. The van der Waals surface area contributed by atoms with E-state index in [1.54, 1.807) is 0 Å². The minimum Gasteiger partial charge on any atom is -0.328 e. The van der Waals surface area contributed by atoms with E-state index in [9.17, 15) is 0 Å². The van der Waals surface area contributed by atoms with Crippen LogP contribution in [0.25, 0.3) is 11.0 Å². The van der Waals surface area contributed by atoms with Crippen molar-refractivity contribution in [1.82, 2.24) is 9.55 Å². The minimum atomic E-state index is 0.653. The van der Waals surface area contributed by atoms with Crippen LogP contribution in [-0.2, 0) is 13.0 Å². The van der Waals surface area contributed by atoms with Gasteiger partial charge in [0.05, 0.1) is 11.0 Å². The first-order chi connectivity index (χ1) is 10.3. The molecule has 2 aromatic rings. The SMILES string of the molecule is Cc1cccc2c1nc(CCCl)n2CC(C1CC1)C1CC1. The van der Waals surface area contributed by atoms with Crippen LogP contribution in [0.4, 0.5) is 0 Å². The fraction of sp³-hybridized carbons (Fsp3) is 0.611. The number of imidazole rings is 1. The van der Waals surface area contributed by atoms with E-state index in [0.717, 1.165) is 30.7 Å². The average molecular weight is 303 g/mol. The molecule has 2 saturated carbocycles. The molecule has 0 amide bonds. The van der Waals surface area contributed by atoms with Crippen molar-refractivity contribution in [3.8, 4) is 0 Å².